The third kappa shape index (κ3) is 8.40. The quantitative estimate of drug-likeness (QED) is 0.123. The van der Waals surface area contributed by atoms with E-state index in [4.69, 9.17) is 14.2 Å². The Morgan fingerprint density at radius 2 is 1.81 bits per heavy atom. The second kappa shape index (κ2) is 13.3. The zero-order chi connectivity index (χ0) is 22.8. The molecule has 2 rings (SSSR count). The Labute approximate surface area is 226 Å². The number of carboxylic acids is 1. The summed E-state index contributed by atoms with van der Waals surface area (Å²) in [7, 11) is -5.45. The number of carbonyl (C=O) groups is 2. The van der Waals surface area contributed by atoms with Gasteiger partial charge < -0.3 is 54.4 Å². The van der Waals surface area contributed by atoms with E-state index in [1.807, 2.05) is 0 Å². The van der Waals surface area contributed by atoms with Gasteiger partial charge >= 0.3 is 59.1 Å². The van der Waals surface area contributed by atoms with E-state index in [9.17, 15) is 48.1 Å². The molecular weight excluding hydrogens is 484 g/mol. The van der Waals surface area contributed by atoms with Crippen molar-refractivity contribution >= 4 is 22.3 Å². The van der Waals surface area contributed by atoms with Crippen LogP contribution in [0, 0.1) is 0 Å². The van der Waals surface area contributed by atoms with Crippen LogP contribution in [0.1, 0.15) is 6.92 Å². The summed E-state index contributed by atoms with van der Waals surface area (Å²) < 4.78 is 52.2. The van der Waals surface area contributed by atoms with E-state index < -0.39 is 83.8 Å². The first-order valence-electron chi connectivity index (χ1n) is 8.31. The molecule has 5 N–H and O–H groups in total. The minimum Gasteiger partial charge on any atom is -0.726 e. The van der Waals surface area contributed by atoms with Gasteiger partial charge in [0, 0.05) is 6.92 Å². The Bertz CT molecular complexity index is 794. The molecule has 32 heavy (non-hydrogen) atoms. The molecule has 1 fully saturated rings. The van der Waals surface area contributed by atoms with Crippen LogP contribution in [0.4, 0.5) is 0 Å². The van der Waals surface area contributed by atoms with Crippen LogP contribution in [0.5, 0.6) is 0 Å². The molecule has 8 atom stereocenters. The monoisotopic (exact) mass is 503 g/mol. The summed E-state index contributed by atoms with van der Waals surface area (Å²) in [5.74, 6) is -3.67. The Morgan fingerprint density at radius 3 is 2.28 bits per heavy atom. The van der Waals surface area contributed by atoms with Gasteiger partial charge in [-0.25, -0.2) is 8.42 Å². The largest absolute Gasteiger partial charge is 1.00 e. The van der Waals surface area contributed by atoms with E-state index in [1.54, 1.807) is 0 Å². The molecular formula is C14H19NNa2O14S. The summed E-state index contributed by atoms with van der Waals surface area (Å²) in [5.41, 5.74) is 0. The number of carbonyl (C=O) groups excluding carboxylic acids is 2. The molecule has 15 nitrogen and oxygen atoms in total. The van der Waals surface area contributed by atoms with Crippen LogP contribution >= 0.6 is 0 Å². The van der Waals surface area contributed by atoms with E-state index in [1.165, 1.54) is 0 Å². The topological polar surface area (TPSA) is 244 Å². The van der Waals surface area contributed by atoms with Crippen LogP contribution in [0.25, 0.3) is 0 Å². The molecule has 0 aliphatic carbocycles. The van der Waals surface area contributed by atoms with Gasteiger partial charge in [-0.2, -0.15) is 0 Å². The van der Waals surface area contributed by atoms with Gasteiger partial charge in [-0.05, 0) is 6.08 Å². The van der Waals surface area contributed by atoms with Gasteiger partial charge in [0.05, 0.1) is 6.61 Å². The maximum Gasteiger partial charge on any atom is 1.00 e. The van der Waals surface area contributed by atoms with E-state index in [-0.39, 0.29) is 59.1 Å². The minimum absolute atomic E-state index is 0. The molecule has 0 aromatic heterocycles. The number of aliphatic hydroxyl groups is 4. The molecule has 0 aromatic carbocycles. The van der Waals surface area contributed by atoms with Gasteiger partial charge in [-0.1, -0.05) is 0 Å². The summed E-state index contributed by atoms with van der Waals surface area (Å²) in [6.45, 7) is 0.222. The molecule has 0 bridgehead atoms. The van der Waals surface area contributed by atoms with Gasteiger partial charge in [0.15, 0.2) is 12.4 Å². The summed E-state index contributed by atoms with van der Waals surface area (Å²) in [5, 5.41) is 52.9. The van der Waals surface area contributed by atoms with Crippen LogP contribution in [-0.2, 0) is 38.4 Å². The summed E-state index contributed by atoms with van der Waals surface area (Å²) >= 11 is 0. The Hall–Kier alpha value is 0.110. The maximum atomic E-state index is 11.4. The Kier molecular flexibility index (Phi) is 13.3. The van der Waals surface area contributed by atoms with Crippen LogP contribution in [-0.4, -0.2) is 101 Å². The van der Waals surface area contributed by atoms with Crippen molar-refractivity contribution in [3.05, 3.63) is 11.8 Å². The summed E-state index contributed by atoms with van der Waals surface area (Å²) in [6.07, 6.45) is -12.6. The first kappa shape index (κ1) is 32.1. The van der Waals surface area contributed by atoms with Gasteiger partial charge in [0.25, 0.3) is 0 Å². The molecule has 2 aliphatic heterocycles. The van der Waals surface area contributed by atoms with Gasteiger partial charge in [0.1, 0.15) is 42.2 Å². The molecule has 0 spiro atoms. The molecule has 0 saturated carbocycles. The molecule has 1 unspecified atom stereocenters. The molecule has 172 valence electrons. The van der Waals surface area contributed by atoms with Crippen molar-refractivity contribution < 1.29 is 126 Å². The first-order chi connectivity index (χ1) is 13.8. The zero-order valence-electron chi connectivity index (χ0n) is 17.2. The number of ether oxygens (including phenoxy) is 3. The number of carboxylic acid groups (broad SMARTS) is 1. The third-order valence-corrected chi connectivity index (χ3v) is 4.59. The molecule has 0 aromatic rings. The number of aliphatic hydroxyl groups excluding tert-OH is 4. The van der Waals surface area contributed by atoms with Crippen molar-refractivity contribution in [1.82, 2.24) is 5.32 Å². The molecule has 18 heteroatoms. The second-order valence-corrected chi connectivity index (χ2v) is 7.34. The number of amides is 1. The molecule has 2 heterocycles. The Morgan fingerprint density at radius 1 is 1.22 bits per heavy atom. The predicted octanol–water partition coefficient (Wildman–Crippen LogP) is -11.8. The number of aliphatic carboxylic acids is 1. The smallest absolute Gasteiger partial charge is 0.726 e. The number of rotatable bonds is 7. The van der Waals surface area contributed by atoms with Crippen molar-refractivity contribution in [1.29, 1.82) is 0 Å². The summed E-state index contributed by atoms with van der Waals surface area (Å²) in [6, 6.07) is -1.53. The maximum absolute atomic E-state index is 11.4. The number of nitrogens with one attached hydrogen (secondary N) is 1. The van der Waals surface area contributed by atoms with Crippen LogP contribution in [0.3, 0.4) is 0 Å². The van der Waals surface area contributed by atoms with Crippen molar-refractivity contribution in [3.8, 4) is 0 Å². The standard InChI is InChI=1S/C14H21NO14S.2Na/c1-4(17)15-8-11(9(19)7(3-16)26-13(8)22)28-14-10(29-30(23,24)25)5(18)2-6(27-14)12(20)21;;/h2,5,7-11,13-14,16,18-19,22H,3H2,1H3,(H,15,17)(H,20,21)(H,23,24,25);;/q;2*+1/p-2/t5-,7+,8+,9-,10+,11+,13?,14-;;/m0../s1. The fraction of sp³-hybridized carbons (Fsp3) is 0.714. The van der Waals surface area contributed by atoms with Gasteiger partial charge in [0.2, 0.25) is 22.6 Å². The van der Waals surface area contributed by atoms with Crippen LogP contribution in [0.2, 0.25) is 0 Å². The molecule has 0 radical (unpaired) electrons. The normalized spacial score (nSPS) is 34.8. The van der Waals surface area contributed by atoms with E-state index in [0.717, 1.165) is 6.92 Å². The molecule has 2 aliphatic rings. The van der Waals surface area contributed by atoms with E-state index in [2.05, 4.69) is 9.50 Å². The van der Waals surface area contributed by atoms with E-state index >= 15 is 0 Å². The SMILES string of the molecule is CC(=O)N[C@H]1C(O)O[C@H](CO)[C@H](O)[C@@H]1O[C@@H]1OC(C(=O)[O-])=C[C@H](O)[C@H]1OS(=O)(=O)[O-].[Na+].[Na+]. The number of hydrogen-bond acceptors (Lipinski definition) is 14. The van der Waals surface area contributed by atoms with Crippen LogP contribution in [0.15, 0.2) is 11.8 Å². The molecule has 1 amide bonds. The molecule has 1 saturated heterocycles. The fourth-order valence-electron chi connectivity index (χ4n) is 2.89. The number of hydrogen-bond donors (Lipinski definition) is 5. The first-order valence-corrected chi connectivity index (χ1v) is 9.64. The third-order valence-electron chi connectivity index (χ3n) is 4.13. The van der Waals surface area contributed by atoms with Gasteiger partial charge in [-0.3, -0.25) is 8.98 Å². The minimum atomic E-state index is -5.45. The van der Waals surface area contributed by atoms with Gasteiger partial charge in [-0.15, -0.1) is 0 Å². The zero-order valence-corrected chi connectivity index (χ0v) is 22.0. The average molecular weight is 503 g/mol. The predicted molar refractivity (Wildman–Crippen MR) is 85.0 cm³/mol. The van der Waals surface area contributed by atoms with Crippen molar-refractivity contribution in [2.45, 2.75) is 56.1 Å². The van der Waals surface area contributed by atoms with E-state index in [0.29, 0.717) is 6.08 Å². The average Bonchev–Trinajstić information content (AvgIpc) is 2.61. The van der Waals surface area contributed by atoms with Crippen molar-refractivity contribution in [3.63, 3.8) is 0 Å². The second-order valence-electron chi connectivity index (χ2n) is 6.33. The van der Waals surface area contributed by atoms with Crippen LogP contribution < -0.4 is 69.5 Å². The fourth-order valence-corrected chi connectivity index (χ4v) is 3.37. The summed E-state index contributed by atoms with van der Waals surface area (Å²) in [4.78, 5) is 22.5. The Balaban J connectivity index is 0.00000480. The van der Waals surface area contributed by atoms with Crippen molar-refractivity contribution in [2.75, 3.05) is 6.61 Å². The van der Waals surface area contributed by atoms with Crippen molar-refractivity contribution in [2.24, 2.45) is 0 Å².